The van der Waals surface area contributed by atoms with E-state index in [-0.39, 0.29) is 5.84 Å². The SMILES string of the molecule is CN1CCC(CCNCC(N)=NO)CC1. The molecular formula is C10H22N4O. The van der Waals surface area contributed by atoms with Crippen molar-refractivity contribution in [3.05, 3.63) is 0 Å². The Balaban J connectivity index is 2.01. The third-order valence-electron chi connectivity index (χ3n) is 3.00. The highest BCUT2D eigenvalue weighted by Crippen LogP contribution is 2.18. The Labute approximate surface area is 91.3 Å². The average molecular weight is 214 g/mol. The molecule has 5 nitrogen and oxygen atoms in total. The zero-order valence-electron chi connectivity index (χ0n) is 9.45. The smallest absolute Gasteiger partial charge is 0.153 e. The molecule has 5 heteroatoms. The number of piperidine rings is 1. The monoisotopic (exact) mass is 214 g/mol. The van der Waals surface area contributed by atoms with Crippen LogP contribution >= 0.6 is 0 Å². The van der Waals surface area contributed by atoms with Crippen molar-refractivity contribution in [2.45, 2.75) is 19.3 Å². The molecule has 0 bridgehead atoms. The molecule has 0 aromatic heterocycles. The van der Waals surface area contributed by atoms with E-state index < -0.39 is 0 Å². The first-order chi connectivity index (χ1) is 7.22. The molecular weight excluding hydrogens is 192 g/mol. The summed E-state index contributed by atoms with van der Waals surface area (Å²) >= 11 is 0. The van der Waals surface area contributed by atoms with E-state index >= 15 is 0 Å². The Morgan fingerprint density at radius 3 is 2.80 bits per heavy atom. The van der Waals surface area contributed by atoms with Gasteiger partial charge < -0.3 is 21.2 Å². The highest BCUT2D eigenvalue weighted by Gasteiger charge is 2.15. The van der Waals surface area contributed by atoms with Gasteiger partial charge in [-0.25, -0.2) is 0 Å². The van der Waals surface area contributed by atoms with Crippen LogP contribution in [0, 0.1) is 5.92 Å². The molecule has 0 aromatic carbocycles. The van der Waals surface area contributed by atoms with Gasteiger partial charge in [-0.2, -0.15) is 0 Å². The van der Waals surface area contributed by atoms with Gasteiger partial charge in [0.25, 0.3) is 0 Å². The molecule has 1 aliphatic rings. The van der Waals surface area contributed by atoms with Crippen LogP contribution in [-0.2, 0) is 0 Å². The van der Waals surface area contributed by atoms with Gasteiger partial charge in [-0.1, -0.05) is 5.16 Å². The Kier molecular flexibility index (Phi) is 5.42. The number of likely N-dealkylation sites (tertiary alicyclic amines) is 1. The van der Waals surface area contributed by atoms with Gasteiger partial charge in [-0.3, -0.25) is 0 Å². The summed E-state index contributed by atoms with van der Waals surface area (Å²) in [6.45, 7) is 3.85. The van der Waals surface area contributed by atoms with Gasteiger partial charge >= 0.3 is 0 Å². The molecule has 0 aliphatic carbocycles. The van der Waals surface area contributed by atoms with Crippen LogP contribution in [0.5, 0.6) is 0 Å². The average Bonchev–Trinajstić information content (AvgIpc) is 2.26. The van der Waals surface area contributed by atoms with E-state index in [9.17, 15) is 0 Å². The first kappa shape index (κ1) is 12.3. The Morgan fingerprint density at radius 2 is 2.20 bits per heavy atom. The van der Waals surface area contributed by atoms with Crippen LogP contribution < -0.4 is 11.1 Å². The molecule has 1 rings (SSSR count). The molecule has 1 saturated heterocycles. The third-order valence-corrected chi connectivity index (χ3v) is 3.00. The number of amidine groups is 1. The molecule has 4 N–H and O–H groups in total. The quantitative estimate of drug-likeness (QED) is 0.199. The van der Waals surface area contributed by atoms with E-state index in [0.29, 0.717) is 6.54 Å². The summed E-state index contributed by atoms with van der Waals surface area (Å²) in [5, 5.41) is 14.4. The summed E-state index contributed by atoms with van der Waals surface area (Å²) in [6.07, 6.45) is 3.77. The van der Waals surface area contributed by atoms with Crippen molar-refractivity contribution in [3.8, 4) is 0 Å². The molecule has 0 unspecified atom stereocenters. The molecule has 0 aromatic rings. The van der Waals surface area contributed by atoms with Crippen LogP contribution in [0.3, 0.4) is 0 Å². The van der Waals surface area contributed by atoms with Gasteiger partial charge in [0, 0.05) is 0 Å². The molecule has 1 fully saturated rings. The predicted molar refractivity (Wildman–Crippen MR) is 61.1 cm³/mol. The second-order valence-electron chi connectivity index (χ2n) is 4.30. The fourth-order valence-electron chi connectivity index (χ4n) is 1.91. The molecule has 88 valence electrons. The maximum atomic E-state index is 8.33. The van der Waals surface area contributed by atoms with Crippen LogP contribution in [0.2, 0.25) is 0 Å². The molecule has 1 aliphatic heterocycles. The number of hydrogen-bond donors (Lipinski definition) is 3. The van der Waals surface area contributed by atoms with E-state index in [0.717, 1.165) is 12.5 Å². The molecule has 0 saturated carbocycles. The second-order valence-corrected chi connectivity index (χ2v) is 4.30. The van der Waals surface area contributed by atoms with Crippen molar-refractivity contribution >= 4 is 5.84 Å². The zero-order valence-corrected chi connectivity index (χ0v) is 9.45. The molecule has 0 amide bonds. The lowest BCUT2D eigenvalue weighted by Gasteiger charge is -2.28. The lowest BCUT2D eigenvalue weighted by Crippen LogP contribution is -2.33. The summed E-state index contributed by atoms with van der Waals surface area (Å²) in [6, 6.07) is 0. The number of oxime groups is 1. The lowest BCUT2D eigenvalue weighted by atomic mass is 9.94. The Morgan fingerprint density at radius 1 is 1.53 bits per heavy atom. The van der Waals surface area contributed by atoms with E-state index in [2.05, 4.69) is 22.4 Å². The minimum Gasteiger partial charge on any atom is -0.409 e. The maximum Gasteiger partial charge on any atom is 0.153 e. The number of nitrogens with one attached hydrogen (secondary N) is 1. The zero-order chi connectivity index (χ0) is 11.1. The molecule has 1 heterocycles. The van der Waals surface area contributed by atoms with Gasteiger partial charge in [0.15, 0.2) is 5.84 Å². The number of hydrogen-bond acceptors (Lipinski definition) is 4. The first-order valence-electron chi connectivity index (χ1n) is 5.58. The van der Waals surface area contributed by atoms with Crippen LogP contribution in [0.4, 0.5) is 0 Å². The molecule has 0 radical (unpaired) electrons. The highest BCUT2D eigenvalue weighted by molar-refractivity contribution is 5.81. The Hall–Kier alpha value is -0.810. The largest absolute Gasteiger partial charge is 0.409 e. The standard InChI is InChI=1S/C10H22N4O/c1-14-6-3-9(4-7-14)2-5-12-8-10(11)13-15/h9,12,15H,2-8H2,1H3,(H2,11,13). The summed E-state index contributed by atoms with van der Waals surface area (Å²) < 4.78 is 0. The number of nitrogens with two attached hydrogens (primary N) is 1. The summed E-state index contributed by atoms with van der Waals surface area (Å²) in [4.78, 5) is 2.38. The maximum absolute atomic E-state index is 8.33. The normalized spacial score (nSPS) is 20.7. The van der Waals surface area contributed by atoms with Crippen LogP contribution in [-0.4, -0.2) is 49.2 Å². The van der Waals surface area contributed by atoms with Crippen LogP contribution in [0.25, 0.3) is 0 Å². The summed E-state index contributed by atoms with van der Waals surface area (Å²) in [5.74, 6) is 1.08. The molecule has 15 heavy (non-hydrogen) atoms. The van der Waals surface area contributed by atoms with Crippen molar-refractivity contribution in [2.75, 3.05) is 33.2 Å². The molecule has 0 spiro atoms. The van der Waals surface area contributed by atoms with Crippen molar-refractivity contribution in [3.63, 3.8) is 0 Å². The van der Waals surface area contributed by atoms with Gasteiger partial charge in [0.1, 0.15) is 0 Å². The van der Waals surface area contributed by atoms with Gasteiger partial charge in [0.05, 0.1) is 6.54 Å². The van der Waals surface area contributed by atoms with E-state index in [1.807, 2.05) is 0 Å². The van der Waals surface area contributed by atoms with Crippen molar-refractivity contribution in [2.24, 2.45) is 16.8 Å². The minimum absolute atomic E-state index is 0.248. The highest BCUT2D eigenvalue weighted by atomic mass is 16.4. The first-order valence-corrected chi connectivity index (χ1v) is 5.58. The van der Waals surface area contributed by atoms with Gasteiger partial charge in [-0.05, 0) is 51.9 Å². The van der Waals surface area contributed by atoms with Crippen molar-refractivity contribution in [1.29, 1.82) is 0 Å². The van der Waals surface area contributed by atoms with E-state index in [1.54, 1.807) is 0 Å². The number of nitrogens with zero attached hydrogens (tertiary/aromatic N) is 2. The van der Waals surface area contributed by atoms with Gasteiger partial charge in [0.2, 0.25) is 0 Å². The summed E-state index contributed by atoms with van der Waals surface area (Å²) in [5.41, 5.74) is 5.34. The van der Waals surface area contributed by atoms with Crippen molar-refractivity contribution < 1.29 is 5.21 Å². The summed E-state index contributed by atoms with van der Waals surface area (Å²) in [7, 11) is 2.17. The van der Waals surface area contributed by atoms with E-state index in [1.165, 1.54) is 32.4 Å². The number of rotatable bonds is 5. The fraction of sp³-hybridized carbons (Fsp3) is 0.900. The van der Waals surface area contributed by atoms with Crippen molar-refractivity contribution in [1.82, 2.24) is 10.2 Å². The van der Waals surface area contributed by atoms with E-state index in [4.69, 9.17) is 10.9 Å². The lowest BCUT2D eigenvalue weighted by molar-refractivity contribution is 0.212. The Bertz CT molecular complexity index is 200. The fourth-order valence-corrected chi connectivity index (χ4v) is 1.91. The third kappa shape index (κ3) is 4.99. The second kappa shape index (κ2) is 6.63. The topological polar surface area (TPSA) is 73.9 Å². The minimum atomic E-state index is 0.248. The predicted octanol–water partition coefficient (Wildman–Crippen LogP) is 0.0543. The molecule has 0 atom stereocenters. The van der Waals surface area contributed by atoms with Crippen LogP contribution in [0.1, 0.15) is 19.3 Å². The van der Waals surface area contributed by atoms with Crippen LogP contribution in [0.15, 0.2) is 5.16 Å². The van der Waals surface area contributed by atoms with Gasteiger partial charge in [-0.15, -0.1) is 0 Å².